The molecule has 0 radical (unpaired) electrons. The number of aryl methyl sites for hydroxylation is 1. The first-order valence-corrected chi connectivity index (χ1v) is 12.2. The van der Waals surface area contributed by atoms with Crippen LogP contribution in [0.15, 0.2) is 48.7 Å². The van der Waals surface area contributed by atoms with Crippen LogP contribution in [0, 0.1) is 5.92 Å². The summed E-state index contributed by atoms with van der Waals surface area (Å²) in [5.74, 6) is 0.652. The maximum absolute atomic E-state index is 13.6. The van der Waals surface area contributed by atoms with Gasteiger partial charge in [0.25, 0.3) is 0 Å². The number of carbonyl (C=O) groups excluding carboxylic acids is 2. The maximum Gasteiger partial charge on any atom is 0.310 e. The number of aromatic nitrogens is 1. The van der Waals surface area contributed by atoms with Crippen LogP contribution in [-0.2, 0) is 21.4 Å². The molecule has 0 saturated carbocycles. The van der Waals surface area contributed by atoms with Gasteiger partial charge in [0.15, 0.2) is 11.5 Å². The Labute approximate surface area is 206 Å². The van der Waals surface area contributed by atoms with E-state index in [0.717, 1.165) is 34.9 Å². The number of hydrogen-bond donors (Lipinski definition) is 0. The summed E-state index contributed by atoms with van der Waals surface area (Å²) in [6.45, 7) is 3.22. The largest absolute Gasteiger partial charge is 0.493 e. The van der Waals surface area contributed by atoms with E-state index in [2.05, 4.69) is 22.9 Å². The van der Waals surface area contributed by atoms with Gasteiger partial charge in [0.1, 0.15) is 0 Å². The third-order valence-electron chi connectivity index (χ3n) is 6.89. The Morgan fingerprint density at radius 1 is 1.09 bits per heavy atom. The van der Waals surface area contributed by atoms with Crippen molar-refractivity contribution >= 4 is 22.8 Å². The van der Waals surface area contributed by atoms with Gasteiger partial charge in [0, 0.05) is 49.6 Å². The van der Waals surface area contributed by atoms with Gasteiger partial charge in [-0.1, -0.05) is 24.3 Å². The van der Waals surface area contributed by atoms with Crippen LogP contribution in [0.5, 0.6) is 11.5 Å². The summed E-state index contributed by atoms with van der Waals surface area (Å²) in [4.78, 5) is 27.8. The molecule has 186 valence electrons. The molecule has 7 heteroatoms. The van der Waals surface area contributed by atoms with Crippen molar-refractivity contribution in [1.29, 1.82) is 0 Å². The summed E-state index contributed by atoms with van der Waals surface area (Å²) in [5.41, 5.74) is 3.18. The third-order valence-corrected chi connectivity index (χ3v) is 6.89. The van der Waals surface area contributed by atoms with Crippen molar-refractivity contribution in [3.8, 4) is 11.5 Å². The van der Waals surface area contributed by atoms with Crippen molar-refractivity contribution < 1.29 is 23.8 Å². The highest BCUT2D eigenvalue weighted by molar-refractivity contribution is 5.87. The van der Waals surface area contributed by atoms with Gasteiger partial charge in [-0.25, -0.2) is 0 Å². The van der Waals surface area contributed by atoms with Crippen LogP contribution in [0.3, 0.4) is 0 Å². The molecular formula is C28H34N2O5. The van der Waals surface area contributed by atoms with E-state index < -0.39 is 0 Å². The van der Waals surface area contributed by atoms with E-state index in [1.807, 2.05) is 49.2 Å². The number of benzene rings is 2. The lowest BCUT2D eigenvalue weighted by Crippen LogP contribution is -2.43. The summed E-state index contributed by atoms with van der Waals surface area (Å²) in [5, 5.41) is 1.12. The molecule has 2 unspecified atom stereocenters. The normalized spacial score (nSPS) is 16.7. The van der Waals surface area contributed by atoms with Crippen LogP contribution in [-0.4, -0.2) is 55.3 Å². The maximum atomic E-state index is 13.6. The molecule has 0 bridgehead atoms. The fraction of sp³-hybridized carbons (Fsp3) is 0.429. The van der Waals surface area contributed by atoms with E-state index >= 15 is 0 Å². The van der Waals surface area contributed by atoms with Gasteiger partial charge < -0.3 is 23.7 Å². The number of amides is 1. The molecular weight excluding hydrogens is 444 g/mol. The minimum absolute atomic E-state index is 0.0340. The number of nitrogens with zero attached hydrogens (tertiary/aromatic N) is 2. The van der Waals surface area contributed by atoms with E-state index in [1.165, 1.54) is 0 Å². The first-order chi connectivity index (χ1) is 17.0. The van der Waals surface area contributed by atoms with Crippen LogP contribution in [0.25, 0.3) is 10.9 Å². The molecule has 0 spiro atoms. The zero-order valence-corrected chi connectivity index (χ0v) is 21.0. The fourth-order valence-corrected chi connectivity index (χ4v) is 5.09. The number of rotatable bonds is 8. The third kappa shape index (κ3) is 5.14. The number of fused-ring (bicyclic) bond motifs is 1. The Hall–Kier alpha value is -3.48. The number of likely N-dealkylation sites (tertiary alicyclic amines) is 1. The van der Waals surface area contributed by atoms with Crippen molar-refractivity contribution in [2.45, 2.75) is 32.1 Å². The highest BCUT2D eigenvalue weighted by atomic mass is 16.5. The van der Waals surface area contributed by atoms with E-state index in [1.54, 1.807) is 14.2 Å². The number of methoxy groups -OCH3 is 2. The first-order valence-electron chi connectivity index (χ1n) is 12.2. The summed E-state index contributed by atoms with van der Waals surface area (Å²) < 4.78 is 18.3. The minimum atomic E-state index is -0.260. The number of para-hydroxylation sites is 1. The SMILES string of the molecule is CCOC(=O)C1CCCN(C(=O)CC(c2ccc(OC)c(OC)c2)c2cn(C)c3ccccc23)C1. The molecule has 1 aromatic heterocycles. The Morgan fingerprint density at radius 2 is 1.86 bits per heavy atom. The van der Waals surface area contributed by atoms with E-state index in [-0.39, 0.29) is 23.7 Å². The van der Waals surface area contributed by atoms with E-state index in [9.17, 15) is 9.59 Å². The van der Waals surface area contributed by atoms with Gasteiger partial charge in [-0.05, 0) is 49.1 Å². The molecule has 1 fully saturated rings. The van der Waals surface area contributed by atoms with Crippen LogP contribution >= 0.6 is 0 Å². The van der Waals surface area contributed by atoms with Crippen molar-refractivity contribution in [3.05, 3.63) is 59.8 Å². The molecule has 35 heavy (non-hydrogen) atoms. The summed E-state index contributed by atoms with van der Waals surface area (Å²) >= 11 is 0. The Kier molecular flexibility index (Phi) is 7.63. The molecule has 4 rings (SSSR count). The smallest absolute Gasteiger partial charge is 0.310 e. The Morgan fingerprint density at radius 3 is 2.60 bits per heavy atom. The second-order valence-electron chi connectivity index (χ2n) is 9.01. The lowest BCUT2D eigenvalue weighted by Gasteiger charge is -2.32. The quantitative estimate of drug-likeness (QED) is 0.445. The second kappa shape index (κ2) is 10.8. The average Bonchev–Trinajstić information content (AvgIpc) is 3.23. The molecule has 7 nitrogen and oxygen atoms in total. The monoisotopic (exact) mass is 478 g/mol. The number of carbonyl (C=O) groups is 2. The standard InChI is InChI=1S/C28H34N2O5/c1-5-35-28(32)20-9-8-14-30(17-20)27(31)16-22(19-12-13-25(33-3)26(15-19)34-4)23-18-29(2)24-11-7-6-10-21(23)24/h6-7,10-13,15,18,20,22H,5,8-9,14,16-17H2,1-4H3. The molecule has 2 aromatic carbocycles. The number of ether oxygens (including phenoxy) is 3. The average molecular weight is 479 g/mol. The first kappa shape index (κ1) is 24.6. The number of esters is 1. The fourth-order valence-electron chi connectivity index (χ4n) is 5.09. The zero-order valence-electron chi connectivity index (χ0n) is 21.0. The van der Waals surface area contributed by atoms with E-state index in [4.69, 9.17) is 14.2 Å². The van der Waals surface area contributed by atoms with E-state index in [0.29, 0.717) is 37.6 Å². The highest BCUT2D eigenvalue weighted by Crippen LogP contribution is 2.39. The lowest BCUT2D eigenvalue weighted by atomic mass is 9.87. The van der Waals surface area contributed by atoms with Gasteiger partial charge in [-0.2, -0.15) is 0 Å². The Balaban J connectivity index is 1.69. The highest BCUT2D eigenvalue weighted by Gasteiger charge is 2.31. The van der Waals surface area contributed by atoms with Crippen LogP contribution < -0.4 is 9.47 Å². The van der Waals surface area contributed by atoms with Gasteiger partial charge in [-0.15, -0.1) is 0 Å². The minimum Gasteiger partial charge on any atom is -0.493 e. The second-order valence-corrected chi connectivity index (χ2v) is 9.01. The predicted molar refractivity (Wildman–Crippen MR) is 135 cm³/mol. The van der Waals surface area contributed by atoms with Crippen molar-refractivity contribution in [3.63, 3.8) is 0 Å². The molecule has 2 atom stereocenters. The lowest BCUT2D eigenvalue weighted by molar-refractivity contribution is -0.151. The molecule has 1 saturated heterocycles. The zero-order chi connectivity index (χ0) is 24.9. The molecule has 1 aliphatic rings. The number of hydrogen-bond acceptors (Lipinski definition) is 5. The number of piperidine rings is 1. The molecule has 0 aliphatic carbocycles. The van der Waals surface area contributed by atoms with Crippen LogP contribution in [0.2, 0.25) is 0 Å². The summed E-state index contributed by atoms with van der Waals surface area (Å²) in [6.07, 6.45) is 3.95. The van der Waals surface area contributed by atoms with Gasteiger partial charge in [0.05, 0.1) is 26.7 Å². The van der Waals surface area contributed by atoms with Gasteiger partial charge >= 0.3 is 5.97 Å². The predicted octanol–water partition coefficient (Wildman–Crippen LogP) is 4.52. The Bertz CT molecular complexity index is 1200. The summed E-state index contributed by atoms with van der Waals surface area (Å²) in [6, 6.07) is 14.1. The van der Waals surface area contributed by atoms with Crippen molar-refractivity contribution in [1.82, 2.24) is 9.47 Å². The van der Waals surface area contributed by atoms with Gasteiger partial charge in [0.2, 0.25) is 5.91 Å². The topological polar surface area (TPSA) is 70.0 Å². The van der Waals surface area contributed by atoms with Crippen molar-refractivity contribution in [2.75, 3.05) is 33.9 Å². The molecule has 3 aromatic rings. The molecule has 2 heterocycles. The van der Waals surface area contributed by atoms with Gasteiger partial charge in [-0.3, -0.25) is 9.59 Å². The molecule has 1 amide bonds. The molecule has 1 aliphatic heterocycles. The van der Waals surface area contributed by atoms with Crippen molar-refractivity contribution in [2.24, 2.45) is 13.0 Å². The summed E-state index contributed by atoms with van der Waals surface area (Å²) in [7, 11) is 5.25. The van der Waals surface area contributed by atoms with Crippen LogP contribution in [0.1, 0.15) is 43.2 Å². The molecule has 0 N–H and O–H groups in total. The van der Waals surface area contributed by atoms with Crippen LogP contribution in [0.4, 0.5) is 0 Å².